The summed E-state index contributed by atoms with van der Waals surface area (Å²) in [5.41, 5.74) is 1.88. The molecule has 2 aliphatic carbocycles. The summed E-state index contributed by atoms with van der Waals surface area (Å²) in [7, 11) is 0. The number of ether oxygens (including phenoxy) is 1. The fourth-order valence-corrected chi connectivity index (χ4v) is 5.42. The Kier molecular flexibility index (Phi) is 4.73. The van der Waals surface area contributed by atoms with E-state index in [1.165, 1.54) is 12.5 Å². The molecule has 4 heteroatoms. The molecule has 0 aromatic heterocycles. The van der Waals surface area contributed by atoms with Crippen molar-refractivity contribution in [3.63, 3.8) is 0 Å². The average molecular weight is 360 g/mol. The second-order valence-corrected chi connectivity index (χ2v) is 9.33. The number of aliphatic hydroxyl groups is 2. The lowest BCUT2D eigenvalue weighted by Gasteiger charge is -2.56. The topological polar surface area (TPSA) is 66.8 Å². The van der Waals surface area contributed by atoms with Gasteiger partial charge in [-0.3, -0.25) is 4.79 Å². The van der Waals surface area contributed by atoms with E-state index in [2.05, 4.69) is 19.9 Å². The van der Waals surface area contributed by atoms with Gasteiger partial charge in [-0.1, -0.05) is 32.4 Å². The summed E-state index contributed by atoms with van der Waals surface area (Å²) in [4.78, 5) is 11.8. The Hall–Kier alpha value is -1.39. The molecule has 2 N–H and O–H groups in total. The number of rotatable bonds is 3. The van der Waals surface area contributed by atoms with Crippen LogP contribution < -0.4 is 0 Å². The van der Waals surface area contributed by atoms with Crippen LogP contribution in [0.4, 0.5) is 0 Å². The largest absolute Gasteiger partial charge is 0.458 e. The van der Waals surface area contributed by atoms with E-state index >= 15 is 0 Å². The van der Waals surface area contributed by atoms with Crippen LogP contribution in [0.25, 0.3) is 0 Å². The zero-order valence-electron chi connectivity index (χ0n) is 16.6. The minimum absolute atomic E-state index is 0.0557. The molecule has 2 aliphatic rings. The van der Waals surface area contributed by atoms with Crippen molar-refractivity contribution in [1.82, 2.24) is 0 Å². The molecule has 0 bridgehead atoms. The molecular formula is C22H32O4. The van der Waals surface area contributed by atoms with Crippen molar-refractivity contribution < 1.29 is 19.7 Å². The average Bonchev–Trinajstić information content (AvgIpc) is 2.55. The SMILES string of the molecule is CC(=O)O[C@@H]1C[C@H]2[C@](C)(CO)CCC[C@]2(C)c2ccc(C(C)(C)O)cc21. The van der Waals surface area contributed by atoms with Crippen molar-refractivity contribution in [2.75, 3.05) is 6.61 Å². The van der Waals surface area contributed by atoms with Gasteiger partial charge in [0.2, 0.25) is 0 Å². The molecule has 1 fully saturated rings. The highest BCUT2D eigenvalue weighted by Gasteiger charge is 2.54. The number of benzene rings is 1. The Morgan fingerprint density at radius 3 is 2.58 bits per heavy atom. The quantitative estimate of drug-likeness (QED) is 0.800. The van der Waals surface area contributed by atoms with Crippen LogP contribution in [0.15, 0.2) is 18.2 Å². The minimum Gasteiger partial charge on any atom is -0.458 e. The zero-order valence-corrected chi connectivity index (χ0v) is 16.6. The van der Waals surface area contributed by atoms with E-state index in [1.54, 1.807) is 13.8 Å². The van der Waals surface area contributed by atoms with Crippen molar-refractivity contribution >= 4 is 5.97 Å². The fourth-order valence-electron chi connectivity index (χ4n) is 5.42. The molecule has 1 saturated carbocycles. The third-order valence-corrected chi connectivity index (χ3v) is 6.89. The summed E-state index contributed by atoms with van der Waals surface area (Å²) in [6, 6.07) is 6.10. The third kappa shape index (κ3) is 3.07. The van der Waals surface area contributed by atoms with E-state index in [1.807, 2.05) is 12.1 Å². The van der Waals surface area contributed by atoms with Crippen LogP contribution in [-0.4, -0.2) is 22.8 Å². The first-order valence-corrected chi connectivity index (χ1v) is 9.67. The molecule has 0 heterocycles. The van der Waals surface area contributed by atoms with Gasteiger partial charge in [0, 0.05) is 13.5 Å². The highest BCUT2D eigenvalue weighted by Crippen LogP contribution is 2.59. The Labute approximate surface area is 156 Å². The van der Waals surface area contributed by atoms with E-state index < -0.39 is 5.60 Å². The summed E-state index contributed by atoms with van der Waals surface area (Å²) in [5, 5.41) is 20.6. The van der Waals surface area contributed by atoms with Gasteiger partial charge < -0.3 is 14.9 Å². The molecule has 1 aromatic rings. The molecule has 0 saturated heterocycles. The Bertz CT molecular complexity index is 705. The molecule has 0 radical (unpaired) electrons. The molecule has 144 valence electrons. The van der Waals surface area contributed by atoms with Gasteiger partial charge in [-0.05, 0) is 72.6 Å². The molecule has 0 unspecified atom stereocenters. The first kappa shape index (κ1) is 19.4. The predicted molar refractivity (Wildman–Crippen MR) is 101 cm³/mol. The molecule has 0 aliphatic heterocycles. The van der Waals surface area contributed by atoms with E-state index in [0.29, 0.717) is 0 Å². The maximum Gasteiger partial charge on any atom is 0.303 e. The molecule has 0 spiro atoms. The Morgan fingerprint density at radius 1 is 1.31 bits per heavy atom. The highest BCUT2D eigenvalue weighted by atomic mass is 16.5. The maximum atomic E-state index is 11.8. The number of esters is 1. The van der Waals surface area contributed by atoms with Crippen LogP contribution >= 0.6 is 0 Å². The molecule has 1 aromatic carbocycles. The molecule has 4 atom stereocenters. The van der Waals surface area contributed by atoms with Gasteiger partial charge in [-0.2, -0.15) is 0 Å². The number of hydrogen-bond donors (Lipinski definition) is 2. The highest BCUT2D eigenvalue weighted by molar-refractivity contribution is 5.66. The standard InChI is InChI=1S/C22H32O4/c1-14(24)26-18-12-19-21(4,13-23)9-6-10-22(19,5)17-8-7-15(11-16(17)18)20(2,3)25/h7-8,11,18-19,23,25H,6,9-10,12-13H2,1-5H3/t18-,19+,21+,22-/m1/s1. The second kappa shape index (κ2) is 6.35. The lowest BCUT2D eigenvalue weighted by Crippen LogP contribution is -2.51. The van der Waals surface area contributed by atoms with Gasteiger partial charge >= 0.3 is 5.97 Å². The number of carbonyl (C=O) groups is 1. The van der Waals surface area contributed by atoms with Crippen molar-refractivity contribution in [3.05, 3.63) is 34.9 Å². The lowest BCUT2D eigenvalue weighted by molar-refractivity contribution is -0.151. The van der Waals surface area contributed by atoms with Gasteiger partial charge in [-0.15, -0.1) is 0 Å². The van der Waals surface area contributed by atoms with E-state index in [9.17, 15) is 15.0 Å². The van der Waals surface area contributed by atoms with Gasteiger partial charge in [-0.25, -0.2) is 0 Å². The normalized spacial score (nSPS) is 34.0. The zero-order chi connectivity index (χ0) is 19.3. The molecule has 4 nitrogen and oxygen atoms in total. The molecule has 0 amide bonds. The van der Waals surface area contributed by atoms with Crippen molar-refractivity contribution in [3.8, 4) is 0 Å². The van der Waals surface area contributed by atoms with Crippen molar-refractivity contribution in [1.29, 1.82) is 0 Å². The van der Waals surface area contributed by atoms with Gasteiger partial charge in [0.25, 0.3) is 0 Å². The number of fused-ring (bicyclic) bond motifs is 3. The monoisotopic (exact) mass is 360 g/mol. The van der Waals surface area contributed by atoms with Gasteiger partial charge in [0.15, 0.2) is 0 Å². The summed E-state index contributed by atoms with van der Waals surface area (Å²) < 4.78 is 5.71. The van der Waals surface area contributed by atoms with E-state index in [4.69, 9.17) is 4.74 Å². The van der Waals surface area contributed by atoms with Crippen LogP contribution in [0.5, 0.6) is 0 Å². The number of carbonyl (C=O) groups excluding carboxylic acids is 1. The van der Waals surface area contributed by atoms with E-state index in [0.717, 1.165) is 36.8 Å². The third-order valence-electron chi connectivity index (χ3n) is 6.89. The van der Waals surface area contributed by atoms with Gasteiger partial charge in [0.05, 0.1) is 5.60 Å². The van der Waals surface area contributed by atoms with Crippen LogP contribution in [0, 0.1) is 11.3 Å². The summed E-state index contributed by atoms with van der Waals surface area (Å²) in [6.45, 7) is 9.59. The first-order valence-electron chi connectivity index (χ1n) is 9.67. The predicted octanol–water partition coefficient (Wildman–Crippen LogP) is 3.98. The minimum atomic E-state index is -0.945. The smallest absolute Gasteiger partial charge is 0.303 e. The Morgan fingerprint density at radius 2 is 2.00 bits per heavy atom. The fraction of sp³-hybridized carbons (Fsp3) is 0.682. The number of aliphatic hydroxyl groups excluding tert-OH is 1. The second-order valence-electron chi connectivity index (χ2n) is 9.33. The lowest BCUT2D eigenvalue weighted by atomic mass is 9.49. The summed E-state index contributed by atoms with van der Waals surface area (Å²) >= 11 is 0. The summed E-state index contributed by atoms with van der Waals surface area (Å²) in [6.07, 6.45) is 3.53. The van der Waals surface area contributed by atoms with Crippen LogP contribution in [-0.2, 0) is 20.5 Å². The molecule has 26 heavy (non-hydrogen) atoms. The van der Waals surface area contributed by atoms with Gasteiger partial charge in [0.1, 0.15) is 6.10 Å². The van der Waals surface area contributed by atoms with E-state index in [-0.39, 0.29) is 35.4 Å². The molecular weight excluding hydrogens is 328 g/mol. The first-order chi connectivity index (χ1) is 12.0. The molecule has 3 rings (SSSR count). The number of hydrogen-bond acceptors (Lipinski definition) is 4. The van der Waals surface area contributed by atoms with Crippen molar-refractivity contribution in [2.45, 2.75) is 77.4 Å². The Balaban J connectivity index is 2.16. The van der Waals surface area contributed by atoms with Crippen LogP contribution in [0.3, 0.4) is 0 Å². The summed E-state index contributed by atoms with van der Waals surface area (Å²) in [5.74, 6) is -0.0432. The van der Waals surface area contributed by atoms with Crippen molar-refractivity contribution in [2.24, 2.45) is 11.3 Å². The van der Waals surface area contributed by atoms with Crippen LogP contribution in [0.2, 0.25) is 0 Å². The maximum absolute atomic E-state index is 11.8. The van der Waals surface area contributed by atoms with Crippen LogP contribution in [0.1, 0.15) is 83.1 Å².